The summed E-state index contributed by atoms with van der Waals surface area (Å²) in [7, 11) is 0. The Labute approximate surface area is 212 Å². The zero-order valence-corrected chi connectivity index (χ0v) is 20.2. The number of hydrogen-bond donors (Lipinski definition) is 10. The Bertz CT molecular complexity index is 656. The summed E-state index contributed by atoms with van der Waals surface area (Å²) in [5, 5.41) is 100. The van der Waals surface area contributed by atoms with Gasteiger partial charge in [-0.05, 0) is 0 Å². The molecule has 16 nitrogen and oxygen atoms in total. The molecule has 0 aliphatic carbocycles. The molecular weight excluding hydrogens is 599 g/mol. The Kier molecular flexibility index (Phi) is 10.8. The number of halogens is 1. The van der Waals surface area contributed by atoms with Gasteiger partial charge in [0.2, 0.25) is 0 Å². The Morgan fingerprint density at radius 2 is 0.886 bits per heavy atom. The van der Waals surface area contributed by atoms with Crippen molar-refractivity contribution in [1.82, 2.24) is 0 Å². The van der Waals surface area contributed by atoms with Gasteiger partial charge in [0.25, 0.3) is 0 Å². The molecule has 0 aromatic rings. The minimum absolute atomic E-state index is 0.633. The fourth-order valence-corrected chi connectivity index (χ4v) is 4.50. The van der Waals surface area contributed by atoms with Crippen molar-refractivity contribution >= 4 is 23.0 Å². The maximum Gasteiger partial charge on any atom is 0.198 e. The monoisotopic (exact) mass is 630 g/mol. The van der Waals surface area contributed by atoms with Crippen LogP contribution in [0, 0.1) is 0 Å². The molecule has 15 atom stereocenters. The van der Waals surface area contributed by atoms with Gasteiger partial charge in [0.05, 0.1) is 19.8 Å². The van der Waals surface area contributed by atoms with Crippen molar-refractivity contribution in [2.75, 3.05) is 19.8 Å². The summed E-state index contributed by atoms with van der Waals surface area (Å²) < 4.78 is 32.0. The molecule has 10 N–H and O–H groups in total. The van der Waals surface area contributed by atoms with Gasteiger partial charge in [0.1, 0.15) is 96.3 Å². The van der Waals surface area contributed by atoms with Crippen molar-refractivity contribution in [2.45, 2.75) is 92.1 Å². The van der Waals surface area contributed by atoms with E-state index in [0.717, 1.165) is 0 Å². The highest BCUT2D eigenvalue weighted by Crippen LogP contribution is 2.32. The molecule has 0 amide bonds. The highest BCUT2D eigenvalue weighted by molar-refractivity contribution is 14.1. The summed E-state index contributed by atoms with van der Waals surface area (Å²) in [6, 6.07) is 0. The van der Waals surface area contributed by atoms with Crippen molar-refractivity contribution in [3.8, 4) is 0 Å². The number of aliphatic hydroxyl groups is 10. The minimum atomic E-state index is -1.87. The lowest BCUT2D eigenvalue weighted by Gasteiger charge is -2.47. The molecule has 35 heavy (non-hydrogen) atoms. The molecule has 0 radical (unpaired) electrons. The van der Waals surface area contributed by atoms with Crippen molar-refractivity contribution in [3.05, 3.63) is 0 Å². The van der Waals surface area contributed by atoms with E-state index < -0.39 is 112 Å². The number of aliphatic hydroxyl groups excluding tert-OH is 10. The summed E-state index contributed by atoms with van der Waals surface area (Å²) >= 11 is 1.44. The first-order valence-electron chi connectivity index (χ1n) is 10.7. The summed E-state index contributed by atoms with van der Waals surface area (Å²) in [5.74, 6) is 0. The largest absolute Gasteiger partial charge is 0.394 e. The van der Waals surface area contributed by atoms with Gasteiger partial charge >= 0.3 is 0 Å². The normalized spacial score (nSPS) is 51.3. The van der Waals surface area contributed by atoms with Crippen LogP contribution in [0.15, 0.2) is 0 Å². The quantitative estimate of drug-likeness (QED) is 0.112. The summed E-state index contributed by atoms with van der Waals surface area (Å²) in [6.07, 6.45) is -23.8. The molecule has 0 spiro atoms. The molecule has 3 heterocycles. The van der Waals surface area contributed by atoms with Crippen molar-refractivity contribution < 1.29 is 77.8 Å². The zero-order valence-electron chi connectivity index (χ0n) is 18.1. The average Bonchev–Trinajstić information content (AvgIpc) is 2.86. The molecule has 0 saturated carbocycles. The summed E-state index contributed by atoms with van der Waals surface area (Å²) in [4.78, 5) is 0. The Balaban J connectivity index is 1.72. The first kappa shape index (κ1) is 29.6. The topological polar surface area (TPSA) is 258 Å². The lowest BCUT2D eigenvalue weighted by atomic mass is 9.96. The van der Waals surface area contributed by atoms with Crippen LogP contribution in [-0.4, -0.2) is 163 Å². The molecule has 3 rings (SSSR count). The summed E-state index contributed by atoms with van der Waals surface area (Å²) in [6.45, 7) is -2.16. The molecule has 3 aliphatic heterocycles. The van der Waals surface area contributed by atoms with Gasteiger partial charge < -0.3 is 74.7 Å². The highest BCUT2D eigenvalue weighted by atomic mass is 127. The third kappa shape index (κ3) is 6.06. The van der Waals surface area contributed by atoms with Crippen LogP contribution in [0.25, 0.3) is 0 Å². The van der Waals surface area contributed by atoms with Gasteiger partial charge in [-0.25, -0.2) is 0 Å². The van der Waals surface area contributed by atoms with Crippen LogP contribution in [0.2, 0.25) is 0 Å². The first-order valence-corrected chi connectivity index (χ1v) is 11.6. The lowest BCUT2D eigenvalue weighted by molar-refractivity contribution is -0.378. The second kappa shape index (κ2) is 12.8. The fraction of sp³-hybridized carbons (Fsp3) is 1.00. The standard InChI is InChI=1S/C18H31IO16/c19-35-18-15(10(26)8(24)5(2-21)31-18)34-17-13(29)11(27)14(6(3-22)32-17)33-16-12(28)9(25)7(23)4(1-20)30-16/h4-18,20-29H,1-3H2/t4-,5-,6-,7-,8-,9+,10+,11-,12-,13-,14-,15-,16+,17+,18+/m1/s1. The van der Waals surface area contributed by atoms with E-state index in [2.05, 4.69) is 0 Å². The smallest absolute Gasteiger partial charge is 0.198 e. The fourth-order valence-electron chi connectivity index (χ4n) is 4.10. The van der Waals surface area contributed by atoms with E-state index in [1.807, 2.05) is 0 Å². The minimum Gasteiger partial charge on any atom is -0.394 e. The second-order valence-electron chi connectivity index (χ2n) is 8.40. The Hall–Kier alpha value is 0.0900. The number of rotatable bonds is 8. The number of ether oxygens (including phenoxy) is 5. The van der Waals surface area contributed by atoms with E-state index in [4.69, 9.17) is 26.8 Å². The van der Waals surface area contributed by atoms with Crippen molar-refractivity contribution in [3.63, 3.8) is 0 Å². The molecule has 3 aliphatic rings. The maximum absolute atomic E-state index is 10.7. The maximum atomic E-state index is 10.7. The Morgan fingerprint density at radius 3 is 1.40 bits per heavy atom. The third-order valence-corrected chi connectivity index (χ3v) is 6.67. The first-order chi connectivity index (χ1) is 16.6. The van der Waals surface area contributed by atoms with Crippen LogP contribution in [0.1, 0.15) is 0 Å². The van der Waals surface area contributed by atoms with Gasteiger partial charge in [0, 0.05) is 0 Å². The van der Waals surface area contributed by atoms with E-state index in [-0.39, 0.29) is 0 Å². The van der Waals surface area contributed by atoms with E-state index in [1.54, 1.807) is 0 Å². The van der Waals surface area contributed by atoms with E-state index >= 15 is 0 Å². The van der Waals surface area contributed by atoms with Gasteiger partial charge in [0.15, 0.2) is 18.9 Å². The molecule has 3 saturated heterocycles. The molecule has 0 aromatic heterocycles. The van der Waals surface area contributed by atoms with E-state index in [0.29, 0.717) is 0 Å². The van der Waals surface area contributed by atoms with Crippen molar-refractivity contribution in [1.29, 1.82) is 0 Å². The van der Waals surface area contributed by atoms with Crippen LogP contribution < -0.4 is 0 Å². The van der Waals surface area contributed by atoms with Crippen LogP contribution in [0.3, 0.4) is 0 Å². The zero-order chi connectivity index (χ0) is 26.0. The van der Waals surface area contributed by atoms with Crippen LogP contribution in [0.4, 0.5) is 0 Å². The molecule has 3 fully saturated rings. The van der Waals surface area contributed by atoms with Crippen LogP contribution in [-0.2, 0) is 26.8 Å². The highest BCUT2D eigenvalue weighted by Gasteiger charge is 2.53. The number of hydrogen-bond acceptors (Lipinski definition) is 16. The van der Waals surface area contributed by atoms with Gasteiger partial charge in [-0.2, -0.15) is 0 Å². The average molecular weight is 630 g/mol. The summed E-state index contributed by atoms with van der Waals surface area (Å²) in [5.41, 5.74) is 0. The molecule has 206 valence electrons. The molecule has 17 heteroatoms. The third-order valence-electron chi connectivity index (χ3n) is 6.16. The Morgan fingerprint density at radius 1 is 0.486 bits per heavy atom. The van der Waals surface area contributed by atoms with E-state index in [9.17, 15) is 51.1 Å². The van der Waals surface area contributed by atoms with Gasteiger partial charge in [-0.15, -0.1) is 0 Å². The molecule has 0 aromatic carbocycles. The van der Waals surface area contributed by atoms with Crippen LogP contribution >= 0.6 is 23.0 Å². The molecular formula is C18H31IO16. The van der Waals surface area contributed by atoms with Gasteiger partial charge in [-0.1, -0.05) is 0 Å². The van der Waals surface area contributed by atoms with Gasteiger partial charge in [-0.3, -0.25) is 3.07 Å². The van der Waals surface area contributed by atoms with Crippen molar-refractivity contribution in [2.24, 2.45) is 0 Å². The van der Waals surface area contributed by atoms with E-state index in [1.165, 1.54) is 23.0 Å². The lowest BCUT2D eigenvalue weighted by Crippen LogP contribution is -2.66. The molecule has 0 bridgehead atoms. The predicted octanol–water partition coefficient (Wildman–Crippen LogP) is -6.20. The van der Waals surface area contributed by atoms with Crippen LogP contribution in [0.5, 0.6) is 0 Å². The predicted molar refractivity (Wildman–Crippen MR) is 114 cm³/mol. The molecule has 0 unspecified atom stereocenters. The SMILES string of the molecule is OC[C@H]1O[C@@H](O[C@H]2[C@H](O)[C@@H](O)[C@H](O[C@H]3[C@H](OI)O[C@H](CO)[C@@H](O)[C@@H]3O)O[C@@H]2CO)[C@H](O)[C@@H](O)[C@@H]1O. The second-order valence-corrected chi connectivity index (χ2v) is 8.91.